The van der Waals surface area contributed by atoms with E-state index < -0.39 is 0 Å². The van der Waals surface area contributed by atoms with Crippen LogP contribution in [0, 0.1) is 0 Å². The average molecular weight is 386 g/mol. The molecule has 2 atom stereocenters. The monoisotopic (exact) mass is 385 g/mol. The van der Waals surface area contributed by atoms with Crippen molar-refractivity contribution in [3.8, 4) is 5.75 Å². The van der Waals surface area contributed by atoms with Gasteiger partial charge in [-0.1, -0.05) is 12.1 Å². The zero-order chi connectivity index (χ0) is 19.4. The molecular weight excluding hydrogens is 358 g/mol. The fourth-order valence-electron chi connectivity index (χ4n) is 3.39. The van der Waals surface area contributed by atoms with Crippen molar-refractivity contribution in [2.24, 2.45) is 0 Å². The van der Waals surface area contributed by atoms with Gasteiger partial charge in [-0.2, -0.15) is 0 Å². The number of hydrogen-bond acceptors (Lipinski definition) is 5. The lowest BCUT2D eigenvalue weighted by molar-refractivity contribution is -0.119. The molecule has 1 aromatic carbocycles. The molecular formula is C21H27N3O2S. The van der Waals surface area contributed by atoms with E-state index in [9.17, 15) is 4.79 Å². The first-order valence-electron chi connectivity index (χ1n) is 9.20. The Morgan fingerprint density at radius 2 is 2.04 bits per heavy atom. The molecule has 1 fully saturated rings. The number of aromatic nitrogens is 1. The van der Waals surface area contributed by atoms with E-state index in [0.29, 0.717) is 0 Å². The van der Waals surface area contributed by atoms with Crippen LogP contribution in [0.15, 0.2) is 47.5 Å². The van der Waals surface area contributed by atoms with Gasteiger partial charge in [-0.15, -0.1) is 11.8 Å². The maximum Gasteiger partial charge on any atom is 0.217 e. The molecule has 0 saturated carbocycles. The molecule has 27 heavy (non-hydrogen) atoms. The van der Waals surface area contributed by atoms with Crippen LogP contribution in [0.25, 0.3) is 0 Å². The standard InChI is InChI=1S/C21H27N3O2S/c1-15(23-16(2)25)17-5-7-18(8-6-17)26-21(3)11-12-24(14-21)20-10-9-19(27-4)13-22-20/h5-10,13,15H,11-12,14H2,1-4H3,(H,23,25). The van der Waals surface area contributed by atoms with E-state index in [0.717, 1.165) is 36.6 Å². The molecule has 0 radical (unpaired) electrons. The van der Waals surface area contributed by atoms with Crippen LogP contribution in [0.4, 0.5) is 5.82 Å². The number of thioether (sulfide) groups is 1. The fraction of sp³-hybridized carbons (Fsp3) is 0.429. The lowest BCUT2D eigenvalue weighted by atomic mass is 10.1. The normalized spacial score (nSPS) is 20.4. The van der Waals surface area contributed by atoms with Gasteiger partial charge in [0.2, 0.25) is 5.91 Å². The highest BCUT2D eigenvalue weighted by atomic mass is 32.2. The molecule has 144 valence electrons. The minimum atomic E-state index is -0.245. The number of pyridine rings is 1. The Hall–Kier alpha value is -2.21. The van der Waals surface area contributed by atoms with E-state index in [1.807, 2.05) is 37.4 Å². The first-order valence-corrected chi connectivity index (χ1v) is 10.4. The van der Waals surface area contributed by atoms with Crippen LogP contribution in [-0.4, -0.2) is 35.8 Å². The van der Waals surface area contributed by atoms with E-state index in [1.165, 1.54) is 11.8 Å². The molecule has 1 amide bonds. The van der Waals surface area contributed by atoms with Crippen LogP contribution in [0.3, 0.4) is 0 Å². The molecule has 0 spiro atoms. The van der Waals surface area contributed by atoms with Gasteiger partial charge in [-0.05, 0) is 49.9 Å². The first kappa shape index (κ1) is 19.5. The fourth-order valence-corrected chi connectivity index (χ4v) is 3.75. The van der Waals surface area contributed by atoms with E-state index in [4.69, 9.17) is 4.74 Å². The van der Waals surface area contributed by atoms with Crippen LogP contribution in [0.2, 0.25) is 0 Å². The third-order valence-electron chi connectivity index (χ3n) is 4.88. The SMILES string of the molecule is CSc1ccc(N2CCC(C)(Oc3ccc(C(C)NC(C)=O)cc3)C2)nc1. The minimum Gasteiger partial charge on any atom is -0.486 e. The number of rotatable bonds is 6. The summed E-state index contributed by atoms with van der Waals surface area (Å²) < 4.78 is 6.31. The van der Waals surface area contributed by atoms with Gasteiger partial charge in [-0.25, -0.2) is 4.98 Å². The van der Waals surface area contributed by atoms with Gasteiger partial charge in [-0.3, -0.25) is 4.79 Å². The third kappa shape index (κ3) is 4.95. The number of nitrogens with zero attached hydrogens (tertiary/aromatic N) is 2. The van der Waals surface area contributed by atoms with Crippen molar-refractivity contribution in [3.05, 3.63) is 48.2 Å². The number of ether oxygens (including phenoxy) is 1. The lowest BCUT2D eigenvalue weighted by Crippen LogP contribution is -2.36. The number of amides is 1. The average Bonchev–Trinajstić information content (AvgIpc) is 3.03. The van der Waals surface area contributed by atoms with Gasteiger partial charge in [0.05, 0.1) is 12.6 Å². The second-order valence-corrected chi connectivity index (χ2v) is 8.15. The molecule has 0 aliphatic carbocycles. The lowest BCUT2D eigenvalue weighted by Gasteiger charge is -2.27. The van der Waals surface area contributed by atoms with Crippen molar-refractivity contribution < 1.29 is 9.53 Å². The molecule has 1 aliphatic rings. The van der Waals surface area contributed by atoms with Gasteiger partial charge in [0.15, 0.2) is 0 Å². The van der Waals surface area contributed by atoms with E-state index in [-0.39, 0.29) is 17.6 Å². The van der Waals surface area contributed by atoms with Crippen molar-refractivity contribution in [3.63, 3.8) is 0 Å². The number of anilines is 1. The van der Waals surface area contributed by atoms with E-state index >= 15 is 0 Å². The number of hydrogen-bond donors (Lipinski definition) is 1. The third-order valence-corrected chi connectivity index (χ3v) is 5.59. The number of benzene rings is 1. The van der Waals surface area contributed by atoms with Crippen molar-refractivity contribution in [2.45, 2.75) is 43.7 Å². The highest BCUT2D eigenvalue weighted by Gasteiger charge is 2.36. The Labute approximate surface area is 165 Å². The molecule has 0 bridgehead atoms. The zero-order valence-electron chi connectivity index (χ0n) is 16.4. The molecule has 2 heterocycles. The molecule has 1 N–H and O–H groups in total. The number of carbonyl (C=O) groups is 1. The van der Waals surface area contributed by atoms with Gasteiger partial charge >= 0.3 is 0 Å². The van der Waals surface area contributed by atoms with Gasteiger partial charge in [0.25, 0.3) is 0 Å². The molecule has 1 aromatic heterocycles. The summed E-state index contributed by atoms with van der Waals surface area (Å²) in [5, 5.41) is 2.90. The number of nitrogens with one attached hydrogen (secondary N) is 1. The van der Waals surface area contributed by atoms with Crippen LogP contribution < -0.4 is 15.0 Å². The smallest absolute Gasteiger partial charge is 0.217 e. The van der Waals surface area contributed by atoms with Gasteiger partial charge in [0, 0.05) is 31.0 Å². The second kappa shape index (κ2) is 8.21. The second-order valence-electron chi connectivity index (χ2n) is 7.27. The summed E-state index contributed by atoms with van der Waals surface area (Å²) in [6, 6.07) is 12.2. The van der Waals surface area contributed by atoms with E-state index in [2.05, 4.69) is 40.5 Å². The van der Waals surface area contributed by atoms with Crippen LogP contribution in [-0.2, 0) is 4.79 Å². The summed E-state index contributed by atoms with van der Waals surface area (Å²) in [5.74, 6) is 1.82. The summed E-state index contributed by atoms with van der Waals surface area (Å²) in [6.45, 7) is 7.40. The molecule has 2 aromatic rings. The van der Waals surface area contributed by atoms with Crippen molar-refractivity contribution in [1.82, 2.24) is 10.3 Å². The topological polar surface area (TPSA) is 54.5 Å². The van der Waals surface area contributed by atoms with E-state index in [1.54, 1.807) is 11.8 Å². The van der Waals surface area contributed by atoms with Gasteiger partial charge in [0.1, 0.15) is 17.2 Å². The Bertz CT molecular complexity index is 779. The first-order chi connectivity index (χ1) is 12.9. The molecule has 2 unspecified atom stereocenters. The molecule has 1 saturated heterocycles. The highest BCUT2D eigenvalue weighted by molar-refractivity contribution is 7.98. The van der Waals surface area contributed by atoms with Crippen molar-refractivity contribution >= 4 is 23.5 Å². The summed E-state index contributed by atoms with van der Waals surface area (Å²) in [6.07, 6.45) is 4.92. The summed E-state index contributed by atoms with van der Waals surface area (Å²) in [7, 11) is 0. The zero-order valence-corrected chi connectivity index (χ0v) is 17.2. The van der Waals surface area contributed by atoms with Crippen LogP contribution >= 0.6 is 11.8 Å². The molecule has 3 rings (SSSR count). The predicted molar refractivity (Wildman–Crippen MR) is 111 cm³/mol. The Kier molecular flexibility index (Phi) is 5.95. The largest absolute Gasteiger partial charge is 0.486 e. The minimum absolute atomic E-state index is 0.00978. The van der Waals surface area contributed by atoms with Crippen LogP contribution in [0.1, 0.15) is 38.8 Å². The highest BCUT2D eigenvalue weighted by Crippen LogP contribution is 2.31. The summed E-state index contributed by atoms with van der Waals surface area (Å²) in [5.41, 5.74) is 0.818. The Morgan fingerprint density at radius 3 is 2.63 bits per heavy atom. The van der Waals surface area contributed by atoms with Gasteiger partial charge < -0.3 is 15.0 Å². The molecule has 5 nitrogen and oxygen atoms in total. The quantitative estimate of drug-likeness (QED) is 0.761. The summed E-state index contributed by atoms with van der Waals surface area (Å²) >= 11 is 1.70. The Balaban J connectivity index is 1.62. The van der Waals surface area contributed by atoms with Crippen molar-refractivity contribution in [1.29, 1.82) is 0 Å². The predicted octanol–water partition coefficient (Wildman–Crippen LogP) is 4.05. The Morgan fingerprint density at radius 1 is 1.30 bits per heavy atom. The molecule has 6 heteroatoms. The number of carbonyl (C=O) groups excluding carboxylic acids is 1. The summed E-state index contributed by atoms with van der Waals surface area (Å²) in [4.78, 5) is 19.2. The maximum atomic E-state index is 11.2. The molecule has 1 aliphatic heterocycles. The van der Waals surface area contributed by atoms with Crippen LogP contribution in [0.5, 0.6) is 5.75 Å². The van der Waals surface area contributed by atoms with Crippen molar-refractivity contribution in [2.75, 3.05) is 24.2 Å². The maximum absolute atomic E-state index is 11.2.